The standard InChI is InChI=1S/C47H81NO8/c1-6-8-10-12-14-16-18-20-22-24-25-27-29-31-33-35-37-44(49)54-41-43(42-55-47(46(51)52)53-40-39-48(3,4)5)56-45(50)38-36-34-32-30-28-26-23-21-19-17-15-13-11-9-7-2/h9,11,15,17,21-24,28,30,43,47H,6-8,10,12-14,16,18-20,25-27,29,31-42H2,1-5H3/b11-9-,17-15-,23-21-,24-22-,30-28-. The summed E-state index contributed by atoms with van der Waals surface area (Å²) in [4.78, 5) is 36.9. The molecule has 0 amide bonds. The van der Waals surface area contributed by atoms with Crippen LogP contribution in [0.1, 0.15) is 162 Å². The van der Waals surface area contributed by atoms with E-state index < -0.39 is 24.3 Å². The second-order valence-electron chi connectivity index (χ2n) is 15.6. The molecule has 0 heterocycles. The van der Waals surface area contributed by atoms with Crippen LogP contribution in [0, 0.1) is 0 Å². The van der Waals surface area contributed by atoms with Gasteiger partial charge in [-0.15, -0.1) is 0 Å². The Morgan fingerprint density at radius 1 is 0.554 bits per heavy atom. The van der Waals surface area contributed by atoms with Gasteiger partial charge in [-0.1, -0.05) is 132 Å². The Bertz CT molecular complexity index is 1100. The van der Waals surface area contributed by atoms with Crippen molar-refractivity contribution in [1.29, 1.82) is 0 Å². The first-order valence-corrected chi connectivity index (χ1v) is 21.9. The van der Waals surface area contributed by atoms with Crippen LogP contribution in [0.15, 0.2) is 60.8 Å². The fourth-order valence-corrected chi connectivity index (χ4v) is 5.58. The number of unbranched alkanes of at least 4 members (excludes halogenated alkanes) is 14. The van der Waals surface area contributed by atoms with Crippen LogP contribution in [0.25, 0.3) is 0 Å². The van der Waals surface area contributed by atoms with Crippen LogP contribution in [0.4, 0.5) is 0 Å². The number of ether oxygens (including phenoxy) is 4. The molecule has 0 N–H and O–H groups in total. The Balaban J connectivity index is 4.54. The number of hydrogen-bond acceptors (Lipinski definition) is 8. The maximum Gasteiger partial charge on any atom is 0.306 e. The van der Waals surface area contributed by atoms with E-state index in [2.05, 4.69) is 74.6 Å². The normalized spacial score (nSPS) is 13.5. The van der Waals surface area contributed by atoms with Crippen molar-refractivity contribution in [3.8, 4) is 0 Å². The topological polar surface area (TPSA) is 111 Å². The summed E-state index contributed by atoms with van der Waals surface area (Å²) in [6.07, 6.45) is 42.5. The first-order valence-electron chi connectivity index (χ1n) is 21.9. The minimum absolute atomic E-state index is 0.136. The van der Waals surface area contributed by atoms with Crippen LogP contribution in [0.3, 0.4) is 0 Å². The van der Waals surface area contributed by atoms with E-state index >= 15 is 0 Å². The van der Waals surface area contributed by atoms with E-state index in [9.17, 15) is 19.5 Å². The number of rotatable bonds is 39. The molecule has 0 aliphatic rings. The van der Waals surface area contributed by atoms with E-state index in [1.54, 1.807) is 0 Å². The molecule has 0 radical (unpaired) electrons. The summed E-state index contributed by atoms with van der Waals surface area (Å²) in [6.45, 7) is 4.54. The summed E-state index contributed by atoms with van der Waals surface area (Å²) in [7, 11) is 5.88. The smallest absolute Gasteiger partial charge is 0.306 e. The summed E-state index contributed by atoms with van der Waals surface area (Å²) >= 11 is 0. The molecule has 0 aliphatic carbocycles. The molecule has 0 rings (SSSR count). The molecule has 0 aromatic rings. The number of likely N-dealkylation sites (N-methyl/N-ethyl adjacent to an activating group) is 1. The lowest BCUT2D eigenvalue weighted by Crippen LogP contribution is -2.44. The zero-order chi connectivity index (χ0) is 41.4. The van der Waals surface area contributed by atoms with Crippen LogP contribution < -0.4 is 5.11 Å². The van der Waals surface area contributed by atoms with Crippen molar-refractivity contribution in [3.63, 3.8) is 0 Å². The summed E-state index contributed by atoms with van der Waals surface area (Å²) in [5.74, 6) is -2.36. The van der Waals surface area contributed by atoms with Gasteiger partial charge in [0.15, 0.2) is 12.4 Å². The van der Waals surface area contributed by atoms with Gasteiger partial charge >= 0.3 is 11.9 Å². The summed E-state index contributed by atoms with van der Waals surface area (Å²) < 4.78 is 22.5. The van der Waals surface area contributed by atoms with Crippen molar-refractivity contribution in [1.82, 2.24) is 0 Å². The summed E-state index contributed by atoms with van der Waals surface area (Å²) in [6, 6.07) is 0. The lowest BCUT2D eigenvalue weighted by atomic mass is 10.1. The molecule has 2 unspecified atom stereocenters. The second kappa shape index (κ2) is 38.8. The van der Waals surface area contributed by atoms with Gasteiger partial charge < -0.3 is 33.3 Å². The molecule has 0 saturated heterocycles. The molecule has 0 aliphatic heterocycles. The Kier molecular flexibility index (Phi) is 36.8. The number of hydrogen-bond donors (Lipinski definition) is 0. The maximum absolute atomic E-state index is 12.7. The van der Waals surface area contributed by atoms with Crippen molar-refractivity contribution < 1.29 is 42.9 Å². The van der Waals surface area contributed by atoms with Crippen LogP contribution in [-0.2, 0) is 33.3 Å². The van der Waals surface area contributed by atoms with E-state index in [0.717, 1.165) is 77.0 Å². The van der Waals surface area contributed by atoms with Gasteiger partial charge in [0.1, 0.15) is 13.2 Å². The van der Waals surface area contributed by atoms with Crippen molar-refractivity contribution in [3.05, 3.63) is 60.8 Å². The van der Waals surface area contributed by atoms with Crippen LogP contribution in [0.5, 0.6) is 0 Å². The zero-order valence-corrected chi connectivity index (χ0v) is 36.2. The Morgan fingerprint density at radius 3 is 1.57 bits per heavy atom. The number of allylic oxidation sites excluding steroid dienone is 10. The molecule has 9 nitrogen and oxygen atoms in total. The van der Waals surface area contributed by atoms with E-state index in [4.69, 9.17) is 18.9 Å². The molecule has 2 atom stereocenters. The fourth-order valence-electron chi connectivity index (χ4n) is 5.58. The Morgan fingerprint density at radius 2 is 1.02 bits per heavy atom. The lowest BCUT2D eigenvalue weighted by molar-refractivity contribution is -0.870. The number of nitrogens with zero attached hydrogens (tertiary/aromatic N) is 1. The van der Waals surface area contributed by atoms with Gasteiger partial charge in [0.05, 0.1) is 40.3 Å². The van der Waals surface area contributed by atoms with Gasteiger partial charge in [0.2, 0.25) is 0 Å². The van der Waals surface area contributed by atoms with E-state index in [1.165, 1.54) is 51.4 Å². The maximum atomic E-state index is 12.7. The molecule has 0 bridgehead atoms. The lowest BCUT2D eigenvalue weighted by Gasteiger charge is -2.26. The first-order chi connectivity index (χ1) is 27.1. The van der Waals surface area contributed by atoms with E-state index in [1.807, 2.05) is 21.1 Å². The monoisotopic (exact) mass is 788 g/mol. The number of carboxylic acids is 1. The third-order valence-corrected chi connectivity index (χ3v) is 9.00. The highest BCUT2D eigenvalue weighted by molar-refractivity contribution is 5.70. The Labute approximate surface area is 342 Å². The molecule has 0 aromatic heterocycles. The quantitative estimate of drug-likeness (QED) is 0.0199. The zero-order valence-electron chi connectivity index (χ0n) is 36.2. The van der Waals surface area contributed by atoms with Crippen molar-refractivity contribution in [2.45, 2.75) is 174 Å². The summed E-state index contributed by atoms with van der Waals surface area (Å²) in [5, 5.41) is 11.7. The van der Waals surface area contributed by atoms with Gasteiger partial charge in [0, 0.05) is 12.8 Å². The number of carbonyl (C=O) groups is 3. The van der Waals surface area contributed by atoms with Crippen molar-refractivity contribution in [2.24, 2.45) is 0 Å². The number of esters is 2. The summed E-state index contributed by atoms with van der Waals surface area (Å²) in [5.41, 5.74) is 0. The SMILES string of the molecule is CC/C=C\C/C=C\C/C=C\C/C=C\CCCCC(=O)OC(COC(=O)CCCCCCC/C=C\CCCCCCCCC)COC(OCC[N+](C)(C)C)C(=O)[O-]. The van der Waals surface area contributed by atoms with Crippen LogP contribution in [0.2, 0.25) is 0 Å². The van der Waals surface area contributed by atoms with Gasteiger partial charge in [-0.3, -0.25) is 9.59 Å². The van der Waals surface area contributed by atoms with Gasteiger partial charge in [-0.25, -0.2) is 0 Å². The molecule has 322 valence electrons. The van der Waals surface area contributed by atoms with Gasteiger partial charge in [-0.05, 0) is 77.0 Å². The third-order valence-electron chi connectivity index (χ3n) is 9.00. The third kappa shape index (κ3) is 39.2. The predicted octanol–water partition coefficient (Wildman–Crippen LogP) is 10.0. The molecular formula is C47H81NO8. The molecule has 0 aromatic carbocycles. The minimum atomic E-state index is -1.63. The van der Waals surface area contributed by atoms with E-state index in [-0.39, 0.29) is 38.6 Å². The second-order valence-corrected chi connectivity index (χ2v) is 15.6. The number of aliphatic carboxylic acids is 1. The average Bonchev–Trinajstić information content (AvgIpc) is 3.15. The highest BCUT2D eigenvalue weighted by Crippen LogP contribution is 2.12. The van der Waals surface area contributed by atoms with Crippen molar-refractivity contribution >= 4 is 17.9 Å². The number of carboxylic acid groups (broad SMARTS) is 1. The minimum Gasteiger partial charge on any atom is -0.545 e. The largest absolute Gasteiger partial charge is 0.545 e. The molecule has 0 spiro atoms. The number of carbonyl (C=O) groups excluding carboxylic acids is 3. The van der Waals surface area contributed by atoms with Gasteiger partial charge in [0.25, 0.3) is 0 Å². The van der Waals surface area contributed by atoms with Crippen molar-refractivity contribution in [2.75, 3.05) is 47.5 Å². The highest BCUT2D eigenvalue weighted by atomic mass is 16.7. The first kappa shape index (κ1) is 53.0. The molecule has 9 heteroatoms. The molecular weight excluding hydrogens is 707 g/mol. The van der Waals surface area contributed by atoms with E-state index in [0.29, 0.717) is 17.4 Å². The van der Waals surface area contributed by atoms with Gasteiger partial charge in [-0.2, -0.15) is 0 Å². The molecule has 56 heavy (non-hydrogen) atoms. The fraction of sp³-hybridized carbons (Fsp3) is 0.723. The molecule has 0 saturated carbocycles. The highest BCUT2D eigenvalue weighted by Gasteiger charge is 2.21. The van der Waals surface area contributed by atoms with Crippen LogP contribution in [-0.4, -0.2) is 82.3 Å². The Hall–Kier alpha value is -3.01. The molecule has 0 fully saturated rings. The number of quaternary nitrogens is 1. The average molecular weight is 788 g/mol. The van der Waals surface area contributed by atoms with Crippen LogP contribution >= 0.6 is 0 Å². The predicted molar refractivity (Wildman–Crippen MR) is 228 cm³/mol.